The highest BCUT2D eigenvalue weighted by molar-refractivity contribution is 9.10. The highest BCUT2D eigenvalue weighted by atomic mass is 79.9. The third-order valence-electron chi connectivity index (χ3n) is 2.88. The Morgan fingerprint density at radius 3 is 2.60 bits per heavy atom. The molecule has 5 nitrogen and oxygen atoms in total. The van der Waals surface area contributed by atoms with E-state index < -0.39 is 10.0 Å². The number of nitrogens with one attached hydrogen (secondary N) is 1. The quantitative estimate of drug-likeness (QED) is 0.914. The zero-order chi connectivity index (χ0) is 14.9. The SMILES string of the molecule is CCn1cc(S(=O)(=O)Nc2ccc(C)cc2Br)c(C)n1. The molecule has 0 fully saturated rings. The molecular formula is C13H16BrN3O2S. The normalized spacial score (nSPS) is 11.6. The Balaban J connectivity index is 2.38. The Labute approximate surface area is 127 Å². The molecule has 0 amide bonds. The Kier molecular flexibility index (Phi) is 4.19. The van der Waals surface area contributed by atoms with Gasteiger partial charge >= 0.3 is 0 Å². The minimum absolute atomic E-state index is 0.201. The number of aromatic nitrogens is 2. The Morgan fingerprint density at radius 2 is 2.05 bits per heavy atom. The van der Waals surface area contributed by atoms with Crippen molar-refractivity contribution in [3.63, 3.8) is 0 Å². The number of halogens is 1. The molecule has 1 N–H and O–H groups in total. The average Bonchev–Trinajstić information content (AvgIpc) is 2.75. The number of rotatable bonds is 4. The van der Waals surface area contributed by atoms with Crippen LogP contribution in [-0.2, 0) is 16.6 Å². The van der Waals surface area contributed by atoms with Gasteiger partial charge in [-0.2, -0.15) is 5.10 Å². The Hall–Kier alpha value is -1.34. The summed E-state index contributed by atoms with van der Waals surface area (Å²) in [6.45, 7) is 6.17. The topological polar surface area (TPSA) is 64.0 Å². The summed E-state index contributed by atoms with van der Waals surface area (Å²) >= 11 is 3.36. The van der Waals surface area contributed by atoms with E-state index in [1.807, 2.05) is 26.0 Å². The molecule has 0 saturated carbocycles. The van der Waals surface area contributed by atoms with Gasteiger partial charge in [0.15, 0.2) is 0 Å². The minimum Gasteiger partial charge on any atom is -0.278 e. The fourth-order valence-corrected chi connectivity index (χ4v) is 3.82. The van der Waals surface area contributed by atoms with E-state index in [1.54, 1.807) is 23.9 Å². The van der Waals surface area contributed by atoms with Crippen LogP contribution in [0.5, 0.6) is 0 Å². The van der Waals surface area contributed by atoms with Crippen LogP contribution in [0.15, 0.2) is 33.8 Å². The Bertz CT molecular complexity index is 738. The van der Waals surface area contributed by atoms with E-state index in [0.717, 1.165) is 5.56 Å². The monoisotopic (exact) mass is 357 g/mol. The number of aryl methyl sites for hydroxylation is 3. The molecule has 20 heavy (non-hydrogen) atoms. The first-order chi connectivity index (χ1) is 9.33. The van der Waals surface area contributed by atoms with E-state index in [0.29, 0.717) is 22.4 Å². The van der Waals surface area contributed by atoms with E-state index in [1.165, 1.54) is 0 Å². The number of anilines is 1. The molecule has 0 saturated heterocycles. The maximum absolute atomic E-state index is 12.4. The van der Waals surface area contributed by atoms with Gasteiger partial charge in [0.25, 0.3) is 10.0 Å². The lowest BCUT2D eigenvalue weighted by molar-refractivity contribution is 0.600. The maximum atomic E-state index is 12.4. The van der Waals surface area contributed by atoms with Crippen LogP contribution in [0.4, 0.5) is 5.69 Å². The summed E-state index contributed by atoms with van der Waals surface area (Å²) in [7, 11) is -3.63. The lowest BCUT2D eigenvalue weighted by Gasteiger charge is -2.09. The number of benzene rings is 1. The molecular weight excluding hydrogens is 342 g/mol. The molecule has 0 atom stereocenters. The largest absolute Gasteiger partial charge is 0.278 e. The summed E-state index contributed by atoms with van der Waals surface area (Å²) < 4.78 is 29.7. The molecule has 1 aromatic heterocycles. The van der Waals surface area contributed by atoms with Gasteiger partial charge in [-0.15, -0.1) is 0 Å². The standard InChI is InChI=1S/C13H16BrN3O2S/c1-4-17-8-13(10(3)15-17)20(18,19)16-12-6-5-9(2)7-11(12)14/h5-8,16H,4H2,1-3H3. The van der Waals surface area contributed by atoms with Gasteiger partial charge in [-0.25, -0.2) is 8.42 Å². The van der Waals surface area contributed by atoms with Crippen LogP contribution in [-0.4, -0.2) is 18.2 Å². The van der Waals surface area contributed by atoms with Gasteiger partial charge in [-0.3, -0.25) is 9.40 Å². The van der Waals surface area contributed by atoms with Gasteiger partial charge in [-0.05, 0) is 54.4 Å². The van der Waals surface area contributed by atoms with Crippen molar-refractivity contribution in [2.24, 2.45) is 0 Å². The predicted octanol–water partition coefficient (Wildman–Crippen LogP) is 3.08. The lowest BCUT2D eigenvalue weighted by atomic mass is 10.2. The number of hydrogen-bond donors (Lipinski definition) is 1. The molecule has 0 aliphatic carbocycles. The summed E-state index contributed by atoms with van der Waals surface area (Å²) in [5, 5.41) is 4.16. The lowest BCUT2D eigenvalue weighted by Crippen LogP contribution is -2.13. The van der Waals surface area contributed by atoms with E-state index in [4.69, 9.17) is 0 Å². The molecule has 108 valence electrons. The zero-order valence-corrected chi connectivity index (χ0v) is 13.9. The summed E-state index contributed by atoms with van der Waals surface area (Å²) in [4.78, 5) is 0.201. The smallest absolute Gasteiger partial charge is 0.265 e. The third-order valence-corrected chi connectivity index (χ3v) is 5.01. The molecule has 0 spiro atoms. The second kappa shape index (κ2) is 5.57. The first kappa shape index (κ1) is 15.1. The van der Waals surface area contributed by atoms with Crippen molar-refractivity contribution in [3.05, 3.63) is 40.1 Å². The van der Waals surface area contributed by atoms with E-state index in [2.05, 4.69) is 25.8 Å². The van der Waals surface area contributed by atoms with Crippen LogP contribution in [0.2, 0.25) is 0 Å². The van der Waals surface area contributed by atoms with Crippen LogP contribution in [0, 0.1) is 13.8 Å². The second-order valence-electron chi connectivity index (χ2n) is 4.52. The van der Waals surface area contributed by atoms with Gasteiger partial charge in [0.2, 0.25) is 0 Å². The molecule has 1 heterocycles. The number of sulfonamides is 1. The number of hydrogen-bond acceptors (Lipinski definition) is 3. The summed E-state index contributed by atoms with van der Waals surface area (Å²) in [6.07, 6.45) is 1.54. The van der Waals surface area contributed by atoms with Crippen molar-refractivity contribution in [1.29, 1.82) is 0 Å². The van der Waals surface area contributed by atoms with Crippen molar-refractivity contribution in [2.45, 2.75) is 32.2 Å². The van der Waals surface area contributed by atoms with E-state index in [9.17, 15) is 8.42 Å². The van der Waals surface area contributed by atoms with Crippen molar-refractivity contribution >= 4 is 31.6 Å². The van der Waals surface area contributed by atoms with Gasteiger partial charge < -0.3 is 0 Å². The Morgan fingerprint density at radius 1 is 1.35 bits per heavy atom. The summed E-state index contributed by atoms with van der Waals surface area (Å²) in [5.74, 6) is 0. The fourth-order valence-electron chi connectivity index (χ4n) is 1.83. The van der Waals surface area contributed by atoms with Crippen LogP contribution in [0.1, 0.15) is 18.2 Å². The van der Waals surface area contributed by atoms with Gasteiger partial charge in [0, 0.05) is 17.2 Å². The third kappa shape index (κ3) is 3.04. The second-order valence-corrected chi connectivity index (χ2v) is 7.03. The van der Waals surface area contributed by atoms with Crippen molar-refractivity contribution < 1.29 is 8.42 Å². The average molecular weight is 358 g/mol. The maximum Gasteiger partial charge on any atom is 0.265 e. The molecule has 2 aromatic rings. The molecule has 0 radical (unpaired) electrons. The minimum atomic E-state index is -3.63. The van der Waals surface area contributed by atoms with Crippen molar-refractivity contribution in [2.75, 3.05) is 4.72 Å². The van der Waals surface area contributed by atoms with Crippen LogP contribution < -0.4 is 4.72 Å². The highest BCUT2D eigenvalue weighted by Crippen LogP contribution is 2.26. The molecule has 0 bridgehead atoms. The van der Waals surface area contributed by atoms with E-state index >= 15 is 0 Å². The molecule has 0 aliphatic heterocycles. The van der Waals surface area contributed by atoms with Crippen molar-refractivity contribution in [1.82, 2.24) is 9.78 Å². The molecule has 0 aliphatic rings. The highest BCUT2D eigenvalue weighted by Gasteiger charge is 2.21. The van der Waals surface area contributed by atoms with Crippen LogP contribution in [0.25, 0.3) is 0 Å². The van der Waals surface area contributed by atoms with Gasteiger partial charge in [-0.1, -0.05) is 6.07 Å². The molecule has 7 heteroatoms. The molecule has 1 aromatic carbocycles. The summed E-state index contributed by atoms with van der Waals surface area (Å²) in [6, 6.07) is 5.45. The van der Waals surface area contributed by atoms with Crippen molar-refractivity contribution in [3.8, 4) is 0 Å². The van der Waals surface area contributed by atoms with Gasteiger partial charge in [0.1, 0.15) is 4.90 Å². The van der Waals surface area contributed by atoms with Gasteiger partial charge in [0.05, 0.1) is 11.4 Å². The first-order valence-corrected chi connectivity index (χ1v) is 8.44. The first-order valence-electron chi connectivity index (χ1n) is 6.16. The zero-order valence-electron chi connectivity index (χ0n) is 11.5. The number of nitrogens with zero attached hydrogens (tertiary/aromatic N) is 2. The van der Waals surface area contributed by atoms with Crippen LogP contribution in [0.3, 0.4) is 0 Å². The van der Waals surface area contributed by atoms with Crippen LogP contribution >= 0.6 is 15.9 Å². The fraction of sp³-hybridized carbons (Fsp3) is 0.308. The molecule has 2 rings (SSSR count). The van der Waals surface area contributed by atoms with E-state index in [-0.39, 0.29) is 4.90 Å². The predicted molar refractivity (Wildman–Crippen MR) is 82.3 cm³/mol. The summed E-state index contributed by atoms with van der Waals surface area (Å²) in [5.41, 5.74) is 2.05. The molecule has 0 unspecified atom stereocenters.